The lowest BCUT2D eigenvalue weighted by molar-refractivity contribution is 0.0945. The van der Waals surface area contributed by atoms with Gasteiger partial charge in [0.05, 0.1) is 5.75 Å². The van der Waals surface area contributed by atoms with Gasteiger partial charge >= 0.3 is 0 Å². The largest absolute Gasteiger partial charge is 0.312 e. The molecule has 0 radical (unpaired) electrons. The lowest BCUT2D eigenvalue weighted by Crippen LogP contribution is -2.42. The fraction of sp³-hybridized carbons (Fsp3) is 0.500. The summed E-state index contributed by atoms with van der Waals surface area (Å²) in [6.07, 6.45) is 2.96. The molecule has 0 fully saturated rings. The second-order valence-corrected chi connectivity index (χ2v) is 10.5. The second kappa shape index (κ2) is 9.53. The molecule has 2 rings (SSSR count). The van der Waals surface area contributed by atoms with Crippen LogP contribution in [0.4, 0.5) is 0 Å². The number of carbonyl (C=O) groups excluding carboxylic acids is 1. The van der Waals surface area contributed by atoms with Gasteiger partial charge in [-0.15, -0.1) is 15.0 Å². The van der Waals surface area contributed by atoms with E-state index in [4.69, 9.17) is 0 Å². The maximum Gasteiger partial charge on any atom is 0.266 e. The highest BCUT2D eigenvalue weighted by Gasteiger charge is 2.16. The standard InChI is InChI=1S/C18H27N5O3S2/c1-18(2,3)10-5-11-28(25,26)22-20-16(24)15-8-6-14(7-9-15)12-27-17-21-19-13-23(17)4/h6-9,13,22H,5,10-12H2,1-4H3,(H,20,24). The zero-order valence-corrected chi connectivity index (χ0v) is 18.2. The van der Waals surface area contributed by atoms with E-state index in [2.05, 4.69) is 41.2 Å². The summed E-state index contributed by atoms with van der Waals surface area (Å²) in [4.78, 5) is 14.3. The van der Waals surface area contributed by atoms with Gasteiger partial charge in [-0.25, -0.2) is 8.42 Å². The van der Waals surface area contributed by atoms with E-state index in [9.17, 15) is 13.2 Å². The molecule has 0 unspecified atom stereocenters. The quantitative estimate of drug-likeness (QED) is 0.472. The molecule has 0 spiro atoms. The highest BCUT2D eigenvalue weighted by Crippen LogP contribution is 2.21. The summed E-state index contributed by atoms with van der Waals surface area (Å²) in [5.41, 5.74) is 3.74. The molecular formula is C18H27N5O3S2. The lowest BCUT2D eigenvalue weighted by atomic mass is 9.91. The molecule has 0 aliphatic rings. The molecule has 0 aliphatic carbocycles. The number of rotatable bonds is 9. The Hall–Kier alpha value is -1.91. The second-order valence-electron chi connectivity index (χ2n) is 7.75. The minimum absolute atomic E-state index is 0.0250. The van der Waals surface area contributed by atoms with Crippen molar-refractivity contribution >= 4 is 27.7 Å². The Kier molecular flexibility index (Phi) is 7.62. The van der Waals surface area contributed by atoms with Crippen LogP contribution in [0.3, 0.4) is 0 Å². The molecule has 0 atom stereocenters. The molecule has 0 bridgehead atoms. The summed E-state index contributed by atoms with van der Waals surface area (Å²) in [5, 5.41) is 8.64. The molecule has 1 aromatic carbocycles. The van der Waals surface area contributed by atoms with Crippen LogP contribution in [0, 0.1) is 5.41 Å². The third-order valence-corrected chi connectivity index (χ3v) is 6.26. The number of nitrogens with one attached hydrogen (secondary N) is 2. The fourth-order valence-electron chi connectivity index (χ4n) is 2.34. The van der Waals surface area contributed by atoms with E-state index in [0.29, 0.717) is 17.7 Å². The van der Waals surface area contributed by atoms with Crippen LogP contribution in [0.1, 0.15) is 49.5 Å². The van der Waals surface area contributed by atoms with Gasteiger partial charge in [0.1, 0.15) is 6.33 Å². The van der Waals surface area contributed by atoms with Crippen molar-refractivity contribution in [3.8, 4) is 0 Å². The van der Waals surface area contributed by atoms with Crippen molar-refractivity contribution in [2.24, 2.45) is 12.5 Å². The number of thioether (sulfide) groups is 1. The molecule has 1 heterocycles. The first-order chi connectivity index (χ1) is 13.1. The van der Waals surface area contributed by atoms with Crippen molar-refractivity contribution in [3.63, 3.8) is 0 Å². The zero-order valence-electron chi connectivity index (χ0n) is 16.6. The first-order valence-electron chi connectivity index (χ1n) is 8.91. The van der Waals surface area contributed by atoms with Gasteiger partial charge in [0.2, 0.25) is 10.0 Å². The highest BCUT2D eigenvalue weighted by atomic mass is 32.2. The Morgan fingerprint density at radius 2 is 1.89 bits per heavy atom. The van der Waals surface area contributed by atoms with Gasteiger partial charge in [0.25, 0.3) is 5.91 Å². The average Bonchev–Trinajstić information content (AvgIpc) is 3.02. The normalized spacial score (nSPS) is 12.1. The summed E-state index contributed by atoms with van der Waals surface area (Å²) in [6, 6.07) is 6.98. The summed E-state index contributed by atoms with van der Waals surface area (Å²) in [7, 11) is -1.68. The van der Waals surface area contributed by atoms with Gasteiger partial charge in [0.15, 0.2) is 5.16 Å². The third kappa shape index (κ3) is 7.61. The van der Waals surface area contributed by atoms with E-state index >= 15 is 0 Å². The number of aromatic nitrogens is 3. The number of hydrogen-bond donors (Lipinski definition) is 2. The van der Waals surface area contributed by atoms with E-state index < -0.39 is 15.9 Å². The van der Waals surface area contributed by atoms with Crippen LogP contribution < -0.4 is 10.3 Å². The van der Waals surface area contributed by atoms with Gasteiger partial charge < -0.3 is 4.57 Å². The number of amides is 1. The van der Waals surface area contributed by atoms with Crippen LogP contribution >= 0.6 is 11.8 Å². The van der Waals surface area contributed by atoms with Crippen molar-refractivity contribution < 1.29 is 13.2 Å². The minimum atomic E-state index is -3.55. The molecular weight excluding hydrogens is 398 g/mol. The highest BCUT2D eigenvalue weighted by molar-refractivity contribution is 7.98. The molecule has 2 N–H and O–H groups in total. The maximum absolute atomic E-state index is 12.2. The molecule has 0 aliphatic heterocycles. The molecule has 0 saturated heterocycles. The number of benzene rings is 1. The van der Waals surface area contributed by atoms with Crippen LogP contribution in [0.25, 0.3) is 0 Å². The van der Waals surface area contributed by atoms with Crippen molar-refractivity contribution in [1.82, 2.24) is 25.0 Å². The van der Waals surface area contributed by atoms with Crippen LogP contribution in [-0.4, -0.2) is 34.8 Å². The van der Waals surface area contributed by atoms with E-state index in [0.717, 1.165) is 17.1 Å². The monoisotopic (exact) mass is 425 g/mol. The Labute approximate surface area is 170 Å². The fourth-order valence-corrected chi connectivity index (χ4v) is 4.06. The summed E-state index contributed by atoms with van der Waals surface area (Å²) in [6.45, 7) is 6.18. The van der Waals surface area contributed by atoms with E-state index in [1.54, 1.807) is 30.2 Å². The number of hydrazine groups is 1. The number of nitrogens with zero attached hydrogens (tertiary/aromatic N) is 3. The molecule has 10 heteroatoms. The van der Waals surface area contributed by atoms with E-state index in [1.807, 2.05) is 23.7 Å². The Bertz CT molecular complexity index is 887. The number of carbonyl (C=O) groups is 1. The summed E-state index contributed by atoms with van der Waals surface area (Å²) in [5.74, 6) is 0.171. The Morgan fingerprint density at radius 1 is 1.21 bits per heavy atom. The van der Waals surface area contributed by atoms with Crippen molar-refractivity contribution in [3.05, 3.63) is 41.7 Å². The van der Waals surface area contributed by atoms with Crippen LogP contribution in [0.5, 0.6) is 0 Å². The summed E-state index contributed by atoms with van der Waals surface area (Å²) >= 11 is 1.54. The van der Waals surface area contributed by atoms with Gasteiger partial charge in [0, 0.05) is 18.4 Å². The molecule has 8 nitrogen and oxygen atoms in total. The maximum atomic E-state index is 12.2. The van der Waals surface area contributed by atoms with Crippen LogP contribution in [0.15, 0.2) is 35.7 Å². The SMILES string of the molecule is Cn1cnnc1SCc1ccc(C(=O)NNS(=O)(=O)CCCC(C)(C)C)cc1. The first kappa shape index (κ1) is 22.4. The zero-order chi connectivity index (χ0) is 20.8. The van der Waals surface area contributed by atoms with Gasteiger partial charge in [-0.1, -0.05) is 44.7 Å². The van der Waals surface area contributed by atoms with Crippen LogP contribution in [0.2, 0.25) is 0 Å². The predicted octanol–water partition coefficient (Wildman–Crippen LogP) is 2.50. The molecule has 154 valence electrons. The molecule has 0 saturated carbocycles. The van der Waals surface area contributed by atoms with Crippen molar-refractivity contribution in [1.29, 1.82) is 0 Å². The molecule has 1 amide bonds. The van der Waals surface area contributed by atoms with Crippen molar-refractivity contribution in [2.45, 2.75) is 44.5 Å². The third-order valence-electron chi connectivity index (χ3n) is 3.91. The Morgan fingerprint density at radius 3 is 2.46 bits per heavy atom. The number of aryl methyl sites for hydroxylation is 1. The van der Waals surface area contributed by atoms with Gasteiger partial charge in [-0.05, 0) is 36.0 Å². The Balaban J connectivity index is 1.81. The molecule has 1 aromatic heterocycles. The topological polar surface area (TPSA) is 106 Å². The van der Waals surface area contributed by atoms with Gasteiger partial charge in [-0.3, -0.25) is 10.2 Å². The first-order valence-corrected chi connectivity index (χ1v) is 11.6. The minimum Gasteiger partial charge on any atom is -0.312 e. The van der Waals surface area contributed by atoms with Crippen LogP contribution in [-0.2, 0) is 22.8 Å². The number of hydrogen-bond acceptors (Lipinski definition) is 6. The van der Waals surface area contributed by atoms with Crippen molar-refractivity contribution in [2.75, 3.05) is 5.75 Å². The summed E-state index contributed by atoms with van der Waals surface area (Å²) < 4.78 is 25.8. The lowest BCUT2D eigenvalue weighted by Gasteiger charge is -2.17. The van der Waals surface area contributed by atoms with E-state index in [1.165, 1.54) is 0 Å². The molecule has 28 heavy (non-hydrogen) atoms. The predicted molar refractivity (Wildman–Crippen MR) is 110 cm³/mol. The average molecular weight is 426 g/mol. The van der Waals surface area contributed by atoms with Gasteiger partial charge in [-0.2, -0.15) is 0 Å². The smallest absolute Gasteiger partial charge is 0.266 e. The van der Waals surface area contributed by atoms with E-state index in [-0.39, 0.29) is 11.2 Å². The molecule has 2 aromatic rings. The number of sulfonamides is 1.